The Bertz CT molecular complexity index is 1140. The Morgan fingerprint density at radius 2 is 2.00 bits per heavy atom. The van der Waals surface area contributed by atoms with E-state index in [1.165, 1.54) is 29.4 Å². The average molecular weight is 401 g/mol. The quantitative estimate of drug-likeness (QED) is 0.612. The highest BCUT2D eigenvalue weighted by molar-refractivity contribution is 7.90. The van der Waals surface area contributed by atoms with E-state index in [1.54, 1.807) is 24.3 Å². The summed E-state index contributed by atoms with van der Waals surface area (Å²) >= 11 is 0. The number of aromatic nitrogens is 2. The van der Waals surface area contributed by atoms with Crippen molar-refractivity contribution in [3.63, 3.8) is 0 Å². The molecule has 4 N–H and O–H groups in total. The lowest BCUT2D eigenvalue weighted by atomic mass is 10.2. The Hall–Kier alpha value is -3.27. The van der Waals surface area contributed by atoms with Crippen LogP contribution in [0.25, 0.3) is 11.0 Å². The predicted molar refractivity (Wildman–Crippen MR) is 105 cm³/mol. The van der Waals surface area contributed by atoms with Crippen molar-refractivity contribution in [2.45, 2.75) is 23.9 Å². The third-order valence-corrected chi connectivity index (χ3v) is 6.50. The molecular formula is C18H19N5O4S. The lowest BCUT2D eigenvalue weighted by molar-refractivity contribution is 0.144. The number of nitrogens with one attached hydrogen (secondary N) is 1. The summed E-state index contributed by atoms with van der Waals surface area (Å²) in [5.41, 5.74) is 7.08. The topological polar surface area (TPSA) is 131 Å². The molecule has 1 aromatic carbocycles. The molecule has 4 rings (SSSR count). The SMILES string of the molecule is Nc1cnc2c(ccn2S(=O)(=O)c2ccccc2)c1NC1CCCN1C(=O)O. The second kappa shape index (κ2) is 6.71. The first kappa shape index (κ1) is 18.1. The highest BCUT2D eigenvalue weighted by Gasteiger charge is 2.30. The zero-order valence-corrected chi connectivity index (χ0v) is 15.6. The molecule has 0 aliphatic carbocycles. The molecule has 0 bridgehead atoms. The number of pyridine rings is 1. The maximum atomic E-state index is 13.0. The fourth-order valence-corrected chi connectivity index (χ4v) is 4.77. The van der Waals surface area contributed by atoms with Gasteiger partial charge in [0.2, 0.25) is 0 Å². The van der Waals surface area contributed by atoms with Crippen LogP contribution < -0.4 is 11.1 Å². The van der Waals surface area contributed by atoms with Crippen LogP contribution in [0.2, 0.25) is 0 Å². The van der Waals surface area contributed by atoms with Crippen LogP contribution in [0.5, 0.6) is 0 Å². The van der Waals surface area contributed by atoms with Gasteiger partial charge in [0.05, 0.1) is 22.5 Å². The summed E-state index contributed by atoms with van der Waals surface area (Å²) in [6, 6.07) is 9.68. The Labute approximate surface area is 161 Å². The van der Waals surface area contributed by atoms with E-state index in [2.05, 4.69) is 10.3 Å². The van der Waals surface area contributed by atoms with Gasteiger partial charge in [-0.15, -0.1) is 0 Å². The fraction of sp³-hybridized carbons (Fsp3) is 0.222. The molecule has 28 heavy (non-hydrogen) atoms. The maximum Gasteiger partial charge on any atom is 0.408 e. The van der Waals surface area contributed by atoms with Gasteiger partial charge in [-0.1, -0.05) is 18.2 Å². The molecule has 1 aliphatic heterocycles. The lowest BCUT2D eigenvalue weighted by Crippen LogP contribution is -2.39. The number of nitrogens with zero attached hydrogens (tertiary/aromatic N) is 3. The zero-order chi connectivity index (χ0) is 19.9. The minimum atomic E-state index is -3.82. The first-order chi connectivity index (χ1) is 13.4. The van der Waals surface area contributed by atoms with Gasteiger partial charge in [-0.3, -0.25) is 4.90 Å². The highest BCUT2D eigenvalue weighted by Crippen LogP contribution is 2.32. The third kappa shape index (κ3) is 2.91. The van der Waals surface area contributed by atoms with Gasteiger partial charge in [0.1, 0.15) is 6.17 Å². The molecule has 0 radical (unpaired) electrons. The first-order valence-electron chi connectivity index (χ1n) is 8.72. The number of amides is 1. The maximum absolute atomic E-state index is 13.0. The van der Waals surface area contributed by atoms with Crippen LogP contribution in [-0.2, 0) is 10.0 Å². The second-order valence-corrected chi connectivity index (χ2v) is 8.35. The van der Waals surface area contributed by atoms with Gasteiger partial charge in [0.15, 0.2) is 5.65 Å². The van der Waals surface area contributed by atoms with E-state index in [4.69, 9.17) is 5.73 Å². The molecule has 1 fully saturated rings. The van der Waals surface area contributed by atoms with Crippen LogP contribution in [0, 0.1) is 0 Å². The monoisotopic (exact) mass is 401 g/mol. The smallest absolute Gasteiger partial charge is 0.408 e. The van der Waals surface area contributed by atoms with Gasteiger partial charge >= 0.3 is 6.09 Å². The predicted octanol–water partition coefficient (Wildman–Crippen LogP) is 2.37. The van der Waals surface area contributed by atoms with Gasteiger partial charge in [0.25, 0.3) is 10.0 Å². The number of carboxylic acid groups (broad SMARTS) is 1. The minimum absolute atomic E-state index is 0.147. The van der Waals surface area contributed by atoms with Crippen LogP contribution in [0.4, 0.5) is 16.2 Å². The largest absolute Gasteiger partial charge is 0.465 e. The van der Waals surface area contributed by atoms with Gasteiger partial charge < -0.3 is 16.2 Å². The summed E-state index contributed by atoms with van der Waals surface area (Å²) in [4.78, 5) is 17.1. The molecule has 146 valence electrons. The van der Waals surface area contributed by atoms with Crippen molar-refractivity contribution >= 4 is 38.5 Å². The number of fused-ring (bicyclic) bond motifs is 1. The summed E-state index contributed by atoms with van der Waals surface area (Å²) in [5, 5.41) is 13.0. The molecule has 3 aromatic rings. The standard InChI is InChI=1S/C18H19N5O4S/c19-14-11-20-17-13(16(14)21-15-7-4-9-22(15)18(24)25)8-10-23(17)28(26,27)12-5-2-1-3-6-12/h1-3,5-6,8,10-11,15H,4,7,9,19H2,(H,20,21)(H,24,25). The van der Waals surface area contributed by atoms with Crippen LogP contribution >= 0.6 is 0 Å². The van der Waals surface area contributed by atoms with Crippen molar-refractivity contribution in [3.05, 3.63) is 48.8 Å². The van der Waals surface area contributed by atoms with Crippen molar-refractivity contribution in [2.24, 2.45) is 0 Å². The Balaban J connectivity index is 1.78. The molecule has 1 amide bonds. The van der Waals surface area contributed by atoms with E-state index in [-0.39, 0.29) is 10.5 Å². The van der Waals surface area contributed by atoms with Gasteiger partial charge in [-0.25, -0.2) is 22.2 Å². The van der Waals surface area contributed by atoms with Gasteiger partial charge in [-0.2, -0.15) is 0 Å². The van der Waals surface area contributed by atoms with Crippen LogP contribution in [-0.4, -0.2) is 46.2 Å². The third-order valence-electron chi connectivity index (χ3n) is 4.82. The summed E-state index contributed by atoms with van der Waals surface area (Å²) < 4.78 is 27.1. The Morgan fingerprint density at radius 3 is 2.71 bits per heavy atom. The summed E-state index contributed by atoms with van der Waals surface area (Å²) in [5.74, 6) is 0. The van der Waals surface area contributed by atoms with Gasteiger partial charge in [-0.05, 0) is 31.0 Å². The molecule has 10 heteroatoms. The molecule has 1 atom stereocenters. The number of nitrogens with two attached hydrogens (primary N) is 1. The number of nitrogen functional groups attached to an aromatic ring is 1. The minimum Gasteiger partial charge on any atom is -0.465 e. The molecule has 0 saturated carbocycles. The molecule has 3 heterocycles. The van der Waals surface area contributed by atoms with E-state index in [0.29, 0.717) is 29.7 Å². The zero-order valence-electron chi connectivity index (χ0n) is 14.8. The molecular weight excluding hydrogens is 382 g/mol. The number of likely N-dealkylation sites (tertiary alicyclic amines) is 1. The summed E-state index contributed by atoms with van der Waals surface area (Å²) in [6.45, 7) is 0.435. The summed E-state index contributed by atoms with van der Waals surface area (Å²) in [7, 11) is -3.82. The van der Waals surface area contributed by atoms with Crippen molar-refractivity contribution in [1.82, 2.24) is 13.9 Å². The number of hydrogen-bond donors (Lipinski definition) is 3. The number of anilines is 2. The number of rotatable bonds is 4. The van der Waals surface area contributed by atoms with Crippen LogP contribution in [0.3, 0.4) is 0 Å². The highest BCUT2D eigenvalue weighted by atomic mass is 32.2. The van der Waals surface area contributed by atoms with Crippen LogP contribution in [0.15, 0.2) is 53.7 Å². The number of benzene rings is 1. The average Bonchev–Trinajstić information content (AvgIpc) is 3.32. The van der Waals surface area contributed by atoms with Crippen molar-refractivity contribution < 1.29 is 18.3 Å². The lowest BCUT2D eigenvalue weighted by Gasteiger charge is -2.24. The van der Waals surface area contributed by atoms with E-state index < -0.39 is 22.3 Å². The van der Waals surface area contributed by atoms with Crippen molar-refractivity contribution in [1.29, 1.82) is 0 Å². The van der Waals surface area contributed by atoms with E-state index in [1.807, 2.05) is 0 Å². The first-order valence-corrected chi connectivity index (χ1v) is 10.2. The molecule has 2 aromatic heterocycles. The van der Waals surface area contributed by atoms with E-state index in [9.17, 15) is 18.3 Å². The number of hydrogen-bond acceptors (Lipinski definition) is 6. The normalized spacial score (nSPS) is 17.1. The van der Waals surface area contributed by atoms with Crippen LogP contribution in [0.1, 0.15) is 12.8 Å². The van der Waals surface area contributed by atoms with E-state index in [0.717, 1.165) is 10.4 Å². The molecule has 0 spiro atoms. The van der Waals surface area contributed by atoms with Crippen molar-refractivity contribution in [3.8, 4) is 0 Å². The Kier molecular flexibility index (Phi) is 4.34. The number of carbonyl (C=O) groups is 1. The Morgan fingerprint density at radius 1 is 1.25 bits per heavy atom. The molecule has 1 unspecified atom stereocenters. The molecule has 9 nitrogen and oxygen atoms in total. The summed E-state index contributed by atoms with van der Waals surface area (Å²) in [6.07, 6.45) is 2.73. The van der Waals surface area contributed by atoms with Gasteiger partial charge in [0, 0.05) is 18.1 Å². The fourth-order valence-electron chi connectivity index (χ4n) is 3.45. The molecule has 1 aliphatic rings. The second-order valence-electron chi connectivity index (χ2n) is 6.53. The van der Waals surface area contributed by atoms with Crippen molar-refractivity contribution in [2.75, 3.05) is 17.6 Å². The molecule has 1 saturated heterocycles. The van der Waals surface area contributed by atoms with E-state index >= 15 is 0 Å².